The Labute approximate surface area is 87.1 Å². The molecule has 1 N–H and O–H groups in total. The Bertz CT molecular complexity index is 277. The van der Waals surface area contributed by atoms with Crippen molar-refractivity contribution in [3.8, 4) is 0 Å². The molecule has 2 unspecified atom stereocenters. The first-order valence-corrected chi connectivity index (χ1v) is 5.23. The van der Waals surface area contributed by atoms with Crippen LogP contribution in [0, 0.1) is 5.92 Å². The third-order valence-corrected chi connectivity index (χ3v) is 2.68. The average Bonchev–Trinajstić information content (AvgIpc) is 2.15. The molecule has 0 amide bonds. The maximum absolute atomic E-state index is 9.85. The third kappa shape index (κ3) is 2.78. The highest BCUT2D eigenvalue weighted by atomic mass is 79.9. The standard InChI is InChI=1S/C10H14BrNO/c1-3-7(2)10(13)8-4-9(11)6-12-5-8/h4-7,10,13H,3H2,1-2H3. The molecule has 0 saturated carbocycles. The van der Waals surface area contributed by atoms with Gasteiger partial charge in [-0.2, -0.15) is 0 Å². The normalized spacial score (nSPS) is 15.4. The van der Waals surface area contributed by atoms with E-state index in [0.29, 0.717) is 0 Å². The molecule has 1 rings (SSSR count). The Morgan fingerprint density at radius 2 is 2.23 bits per heavy atom. The van der Waals surface area contributed by atoms with Gasteiger partial charge in [-0.25, -0.2) is 0 Å². The lowest BCUT2D eigenvalue weighted by atomic mass is 9.97. The van der Waals surface area contributed by atoms with Crippen LogP contribution in [0.4, 0.5) is 0 Å². The summed E-state index contributed by atoms with van der Waals surface area (Å²) in [7, 11) is 0. The first-order valence-electron chi connectivity index (χ1n) is 4.43. The van der Waals surface area contributed by atoms with Gasteiger partial charge in [0.25, 0.3) is 0 Å². The Morgan fingerprint density at radius 1 is 1.54 bits per heavy atom. The topological polar surface area (TPSA) is 33.1 Å². The van der Waals surface area contributed by atoms with Crippen molar-refractivity contribution in [1.82, 2.24) is 4.98 Å². The van der Waals surface area contributed by atoms with Gasteiger partial charge in [-0.05, 0) is 27.9 Å². The predicted octanol–water partition coefficient (Wildman–Crippen LogP) is 2.92. The van der Waals surface area contributed by atoms with Gasteiger partial charge < -0.3 is 5.11 Å². The van der Waals surface area contributed by atoms with E-state index in [1.54, 1.807) is 12.4 Å². The molecule has 0 fully saturated rings. The Morgan fingerprint density at radius 3 is 2.77 bits per heavy atom. The third-order valence-electron chi connectivity index (χ3n) is 2.25. The summed E-state index contributed by atoms with van der Waals surface area (Å²) in [6, 6.07) is 1.91. The number of pyridine rings is 1. The first kappa shape index (κ1) is 10.7. The van der Waals surface area contributed by atoms with Crippen molar-refractivity contribution in [2.45, 2.75) is 26.4 Å². The van der Waals surface area contributed by atoms with Crippen molar-refractivity contribution in [2.75, 3.05) is 0 Å². The van der Waals surface area contributed by atoms with Crippen LogP contribution in [-0.2, 0) is 0 Å². The number of hydrogen-bond donors (Lipinski definition) is 1. The van der Waals surface area contributed by atoms with E-state index in [2.05, 4.69) is 27.8 Å². The van der Waals surface area contributed by atoms with Crippen LogP contribution in [-0.4, -0.2) is 10.1 Å². The second kappa shape index (κ2) is 4.72. The molecule has 0 spiro atoms. The molecule has 1 heterocycles. The van der Waals surface area contributed by atoms with Crippen molar-refractivity contribution in [1.29, 1.82) is 0 Å². The van der Waals surface area contributed by atoms with Crippen molar-refractivity contribution in [3.05, 3.63) is 28.5 Å². The van der Waals surface area contributed by atoms with Crippen LogP contribution < -0.4 is 0 Å². The van der Waals surface area contributed by atoms with Gasteiger partial charge in [0.2, 0.25) is 0 Å². The van der Waals surface area contributed by atoms with E-state index in [0.717, 1.165) is 16.5 Å². The second-order valence-electron chi connectivity index (χ2n) is 3.27. The SMILES string of the molecule is CCC(C)C(O)c1cncc(Br)c1. The zero-order chi connectivity index (χ0) is 9.84. The van der Waals surface area contributed by atoms with Crippen LogP contribution in [0.15, 0.2) is 22.9 Å². The van der Waals surface area contributed by atoms with Gasteiger partial charge in [0.1, 0.15) is 0 Å². The molecule has 72 valence electrons. The van der Waals surface area contributed by atoms with Gasteiger partial charge >= 0.3 is 0 Å². The van der Waals surface area contributed by atoms with Crippen molar-refractivity contribution in [2.24, 2.45) is 5.92 Å². The van der Waals surface area contributed by atoms with Crippen LogP contribution in [0.3, 0.4) is 0 Å². The molecule has 3 heteroatoms. The van der Waals surface area contributed by atoms with Gasteiger partial charge in [-0.3, -0.25) is 4.98 Å². The largest absolute Gasteiger partial charge is 0.388 e. The van der Waals surface area contributed by atoms with Crippen LogP contribution in [0.2, 0.25) is 0 Å². The highest BCUT2D eigenvalue weighted by Crippen LogP contribution is 2.24. The van der Waals surface area contributed by atoms with Crippen LogP contribution in [0.5, 0.6) is 0 Å². The highest BCUT2D eigenvalue weighted by Gasteiger charge is 2.14. The molecule has 1 aromatic rings. The molecule has 13 heavy (non-hydrogen) atoms. The maximum atomic E-state index is 9.85. The van der Waals surface area contributed by atoms with E-state index in [4.69, 9.17) is 0 Å². The van der Waals surface area contributed by atoms with Crippen molar-refractivity contribution in [3.63, 3.8) is 0 Å². The summed E-state index contributed by atoms with van der Waals surface area (Å²) in [6.45, 7) is 4.10. The Hall–Kier alpha value is -0.410. The summed E-state index contributed by atoms with van der Waals surface area (Å²) in [5, 5.41) is 9.85. The number of halogens is 1. The summed E-state index contributed by atoms with van der Waals surface area (Å²) in [5.41, 5.74) is 0.878. The van der Waals surface area contributed by atoms with Gasteiger partial charge in [0.05, 0.1) is 6.10 Å². The van der Waals surface area contributed by atoms with E-state index in [9.17, 15) is 5.11 Å². The van der Waals surface area contributed by atoms with Gasteiger partial charge in [-0.15, -0.1) is 0 Å². The summed E-state index contributed by atoms with van der Waals surface area (Å²) in [4.78, 5) is 4.02. The number of hydrogen-bond acceptors (Lipinski definition) is 2. The molecular formula is C10H14BrNO. The quantitative estimate of drug-likeness (QED) is 0.886. The predicted molar refractivity (Wildman–Crippen MR) is 56.4 cm³/mol. The summed E-state index contributed by atoms with van der Waals surface area (Å²) in [5.74, 6) is 0.274. The maximum Gasteiger partial charge on any atom is 0.0830 e. The van der Waals surface area contributed by atoms with E-state index in [1.807, 2.05) is 13.0 Å². The van der Waals surface area contributed by atoms with Gasteiger partial charge in [0, 0.05) is 22.4 Å². The van der Waals surface area contributed by atoms with Crippen molar-refractivity contribution >= 4 is 15.9 Å². The first-order chi connectivity index (χ1) is 6.15. The number of aliphatic hydroxyl groups excluding tert-OH is 1. The zero-order valence-electron chi connectivity index (χ0n) is 7.87. The van der Waals surface area contributed by atoms with E-state index in [1.165, 1.54) is 0 Å². The molecule has 0 aliphatic heterocycles. The van der Waals surface area contributed by atoms with E-state index >= 15 is 0 Å². The minimum Gasteiger partial charge on any atom is -0.388 e. The van der Waals surface area contributed by atoms with Gasteiger partial charge in [0.15, 0.2) is 0 Å². The minimum atomic E-state index is -0.407. The molecule has 0 aliphatic rings. The second-order valence-corrected chi connectivity index (χ2v) is 4.18. The zero-order valence-corrected chi connectivity index (χ0v) is 9.45. The fourth-order valence-corrected chi connectivity index (χ4v) is 1.52. The molecule has 2 nitrogen and oxygen atoms in total. The lowest BCUT2D eigenvalue weighted by Gasteiger charge is -2.16. The van der Waals surface area contributed by atoms with Gasteiger partial charge in [-0.1, -0.05) is 20.3 Å². The van der Waals surface area contributed by atoms with Crippen molar-refractivity contribution < 1.29 is 5.11 Å². The summed E-state index contributed by atoms with van der Waals surface area (Å²) in [6.07, 6.45) is 3.98. The molecule has 2 atom stereocenters. The smallest absolute Gasteiger partial charge is 0.0830 e. The molecule has 0 bridgehead atoms. The lowest BCUT2D eigenvalue weighted by molar-refractivity contribution is 0.115. The molecule has 1 aromatic heterocycles. The summed E-state index contributed by atoms with van der Waals surface area (Å²) < 4.78 is 0.910. The minimum absolute atomic E-state index is 0.274. The van der Waals surface area contributed by atoms with Crippen LogP contribution in [0.25, 0.3) is 0 Å². The number of nitrogens with zero attached hydrogens (tertiary/aromatic N) is 1. The average molecular weight is 244 g/mol. The Kier molecular flexibility index (Phi) is 3.88. The van der Waals surface area contributed by atoms with Crippen LogP contribution >= 0.6 is 15.9 Å². The monoisotopic (exact) mass is 243 g/mol. The van der Waals surface area contributed by atoms with E-state index < -0.39 is 6.10 Å². The molecule has 0 saturated heterocycles. The number of rotatable bonds is 3. The van der Waals surface area contributed by atoms with Crippen LogP contribution in [0.1, 0.15) is 31.9 Å². The highest BCUT2D eigenvalue weighted by molar-refractivity contribution is 9.10. The lowest BCUT2D eigenvalue weighted by Crippen LogP contribution is -2.08. The summed E-state index contributed by atoms with van der Waals surface area (Å²) >= 11 is 3.33. The fourth-order valence-electron chi connectivity index (χ4n) is 1.14. The number of aromatic nitrogens is 1. The molecule has 0 radical (unpaired) electrons. The molecule has 0 aromatic carbocycles. The van der Waals surface area contributed by atoms with E-state index in [-0.39, 0.29) is 5.92 Å². The fraction of sp³-hybridized carbons (Fsp3) is 0.500. The molecule has 0 aliphatic carbocycles. The Balaban J connectivity index is 2.82. The number of aliphatic hydroxyl groups is 1. The molecular weight excluding hydrogens is 230 g/mol.